The van der Waals surface area contributed by atoms with Gasteiger partial charge in [-0.15, -0.1) is 0 Å². The van der Waals surface area contributed by atoms with Crippen molar-refractivity contribution >= 4 is 0 Å². The minimum Gasteiger partial charge on any atom is -0.344 e. The van der Waals surface area contributed by atoms with Crippen LogP contribution in [0.3, 0.4) is 0 Å². The first-order chi connectivity index (χ1) is 0. The van der Waals surface area contributed by atoms with E-state index in [0.717, 1.165) is 0 Å². The van der Waals surface area contributed by atoms with Crippen LogP contribution in [-0.2, 0) is 16.8 Å². The zero-order chi connectivity index (χ0) is 0. The Kier molecular flexibility index (Phi) is 68200. The molecular formula is H12CoN4. The molecule has 0 heterocycles. The Balaban J connectivity index is 0. The molecule has 0 aromatic rings. The molecule has 0 spiro atoms. The summed E-state index contributed by atoms with van der Waals surface area (Å²) in [5.41, 5.74) is 0. The van der Waals surface area contributed by atoms with E-state index in [0.29, 0.717) is 0 Å². The molecule has 0 amide bonds. The van der Waals surface area contributed by atoms with Gasteiger partial charge in [-0.2, -0.15) is 0 Å². The van der Waals surface area contributed by atoms with Gasteiger partial charge in [0.05, 0.1) is 0 Å². The molecular weight excluding hydrogens is 115 g/mol. The molecule has 12 N–H and O–H groups in total. The summed E-state index contributed by atoms with van der Waals surface area (Å²) in [6.07, 6.45) is 0. The number of hydrogen-bond acceptors (Lipinski definition) is 4. The summed E-state index contributed by atoms with van der Waals surface area (Å²) in [7, 11) is 0. The van der Waals surface area contributed by atoms with Gasteiger partial charge in [0.1, 0.15) is 0 Å². The van der Waals surface area contributed by atoms with Gasteiger partial charge in [-0.1, -0.05) is 0 Å². The topological polar surface area (TPSA) is 140 Å². The summed E-state index contributed by atoms with van der Waals surface area (Å²) >= 11 is 0. The summed E-state index contributed by atoms with van der Waals surface area (Å²) in [6, 6.07) is 0. The first-order valence-electron chi connectivity index (χ1n) is 0. The summed E-state index contributed by atoms with van der Waals surface area (Å²) < 4.78 is 0. The van der Waals surface area contributed by atoms with Gasteiger partial charge < -0.3 is 24.6 Å². The second-order valence-corrected chi connectivity index (χ2v) is 0. The van der Waals surface area contributed by atoms with Crippen molar-refractivity contribution in [2.45, 2.75) is 0 Å². The molecule has 0 aliphatic carbocycles. The van der Waals surface area contributed by atoms with E-state index >= 15 is 0 Å². The van der Waals surface area contributed by atoms with Crippen LogP contribution in [0.15, 0.2) is 0 Å². The smallest absolute Gasteiger partial charge is 0 e. The van der Waals surface area contributed by atoms with Crippen molar-refractivity contribution in [3.63, 3.8) is 0 Å². The van der Waals surface area contributed by atoms with Gasteiger partial charge in [-0.25, -0.2) is 0 Å². The molecule has 1 radical (unpaired) electrons. The van der Waals surface area contributed by atoms with Gasteiger partial charge in [0.15, 0.2) is 0 Å². The molecule has 0 aromatic heterocycles. The van der Waals surface area contributed by atoms with Crippen LogP contribution in [0.4, 0.5) is 0 Å². The first kappa shape index (κ1) is 841. The van der Waals surface area contributed by atoms with Crippen LogP contribution in [0.25, 0.3) is 0 Å². The second-order valence-electron chi connectivity index (χ2n) is 0. The van der Waals surface area contributed by atoms with E-state index in [9.17, 15) is 0 Å². The fraction of sp³-hybridized carbons (Fsp3) is 0. The van der Waals surface area contributed by atoms with E-state index in [4.69, 9.17) is 0 Å². The minimum atomic E-state index is 0. The maximum atomic E-state index is 0. The molecule has 5 heteroatoms. The Bertz CT molecular complexity index is 3.61. The van der Waals surface area contributed by atoms with Crippen molar-refractivity contribution in [2.24, 2.45) is 0 Å². The molecule has 41 valence electrons. The SMILES string of the molecule is N.N.N.N.[Co]. The molecule has 0 unspecified atom stereocenters. The minimum absolute atomic E-state index is 0. The molecule has 0 bridgehead atoms. The third-order valence-corrected chi connectivity index (χ3v) is 0. The zero-order valence-corrected chi connectivity index (χ0v) is 4.20. The second kappa shape index (κ2) is 405. The van der Waals surface area contributed by atoms with Gasteiger partial charge in [-0.3, -0.25) is 0 Å². The van der Waals surface area contributed by atoms with Gasteiger partial charge >= 0.3 is 0 Å². The molecule has 0 fully saturated rings. The van der Waals surface area contributed by atoms with E-state index in [-0.39, 0.29) is 41.4 Å². The standard InChI is InChI=1S/Co.4H3N/h;4*1H3. The molecule has 0 saturated carbocycles. The van der Waals surface area contributed by atoms with E-state index < -0.39 is 0 Å². The summed E-state index contributed by atoms with van der Waals surface area (Å²) in [6.45, 7) is 0. The summed E-state index contributed by atoms with van der Waals surface area (Å²) in [5.74, 6) is 0. The predicted octanol–water partition coefficient (Wildman–Crippen LogP) is 0.645. The van der Waals surface area contributed by atoms with Crippen LogP contribution in [-0.4, -0.2) is 0 Å². The van der Waals surface area contributed by atoms with Crippen molar-refractivity contribution in [1.29, 1.82) is 0 Å². The summed E-state index contributed by atoms with van der Waals surface area (Å²) in [4.78, 5) is 0. The van der Waals surface area contributed by atoms with Gasteiger partial charge in [0.2, 0.25) is 0 Å². The molecule has 0 aromatic carbocycles. The van der Waals surface area contributed by atoms with Gasteiger partial charge in [0.25, 0.3) is 0 Å². The van der Waals surface area contributed by atoms with E-state index in [1.165, 1.54) is 0 Å². The normalized spacial score (nSPS) is 0. The van der Waals surface area contributed by atoms with Crippen molar-refractivity contribution in [1.82, 2.24) is 24.6 Å². The van der Waals surface area contributed by atoms with Crippen molar-refractivity contribution in [2.75, 3.05) is 0 Å². The number of hydrogen-bond donors (Lipinski definition) is 4. The largest absolute Gasteiger partial charge is 0.344 e. The average Bonchev–Trinajstić information content (AvgIpc) is 0. The quantitative estimate of drug-likeness (QED) is 0.379. The van der Waals surface area contributed by atoms with Crippen molar-refractivity contribution in [3.05, 3.63) is 0 Å². The van der Waals surface area contributed by atoms with Crippen LogP contribution in [0.5, 0.6) is 0 Å². The summed E-state index contributed by atoms with van der Waals surface area (Å²) in [5, 5.41) is 0. The van der Waals surface area contributed by atoms with E-state index in [2.05, 4.69) is 0 Å². The maximum absolute atomic E-state index is 0. The molecule has 0 saturated heterocycles. The Morgan fingerprint density at radius 1 is 0.400 bits per heavy atom. The Hall–Kier alpha value is 0.346. The van der Waals surface area contributed by atoms with Gasteiger partial charge in [0, 0.05) is 16.8 Å². The Labute approximate surface area is 42.2 Å². The molecule has 0 atom stereocenters. The molecule has 4 nitrogen and oxygen atoms in total. The monoisotopic (exact) mass is 127 g/mol. The van der Waals surface area contributed by atoms with Gasteiger partial charge in [-0.05, 0) is 0 Å². The molecule has 5 heavy (non-hydrogen) atoms. The van der Waals surface area contributed by atoms with Crippen LogP contribution in [0.1, 0.15) is 0 Å². The van der Waals surface area contributed by atoms with E-state index in [1.54, 1.807) is 0 Å². The van der Waals surface area contributed by atoms with E-state index in [1.807, 2.05) is 0 Å². The predicted molar refractivity (Wildman–Crippen MR) is 20.1 cm³/mol. The molecule has 0 aliphatic heterocycles. The maximum Gasteiger partial charge on any atom is 0 e. The van der Waals surface area contributed by atoms with Crippen molar-refractivity contribution < 1.29 is 16.8 Å². The molecule has 0 aliphatic rings. The fourth-order valence-corrected chi connectivity index (χ4v) is 0. The third-order valence-electron chi connectivity index (χ3n) is 0. The van der Waals surface area contributed by atoms with Crippen molar-refractivity contribution in [3.8, 4) is 0 Å². The zero-order valence-electron chi connectivity index (χ0n) is 3.16. The Morgan fingerprint density at radius 3 is 0.400 bits per heavy atom. The average molecular weight is 127 g/mol. The van der Waals surface area contributed by atoms with Crippen LogP contribution >= 0.6 is 0 Å². The van der Waals surface area contributed by atoms with Crippen LogP contribution in [0, 0.1) is 0 Å². The van der Waals surface area contributed by atoms with Crippen LogP contribution in [0.2, 0.25) is 0 Å². The fourth-order valence-electron chi connectivity index (χ4n) is 0. The Morgan fingerprint density at radius 2 is 0.400 bits per heavy atom. The molecule has 0 rings (SSSR count). The number of rotatable bonds is 0. The first-order valence-corrected chi connectivity index (χ1v) is 0. The van der Waals surface area contributed by atoms with Crippen LogP contribution < -0.4 is 24.6 Å². The third kappa shape index (κ3) is 199.